The van der Waals surface area contributed by atoms with Crippen molar-refractivity contribution in [2.45, 2.75) is 6.29 Å². The van der Waals surface area contributed by atoms with Crippen LogP contribution in [-0.2, 0) is 0 Å². The molecule has 3 rings (SSSR count). The first-order chi connectivity index (χ1) is 12.4. The van der Waals surface area contributed by atoms with Gasteiger partial charge in [0.1, 0.15) is 0 Å². The third-order valence-electron chi connectivity index (χ3n) is 4.18. The molecule has 1 heterocycles. The first-order valence-electron chi connectivity index (χ1n) is 8.12. The number of aliphatic hydroxyl groups excluding tert-OH is 1. The molecule has 0 atom stereocenters. The first-order valence-corrected chi connectivity index (χ1v) is 8.12. The van der Waals surface area contributed by atoms with Gasteiger partial charge in [-0.15, -0.1) is 0 Å². The van der Waals surface area contributed by atoms with Gasteiger partial charge in [-0.2, -0.15) is 0 Å². The SMILES string of the molecule is C=c1[nH]n(-c2ccc(C(O)O)cc2)c(=O)c1=Cc1ccc(N(C)C)cc1. The smallest absolute Gasteiger partial charge is 0.279 e. The summed E-state index contributed by atoms with van der Waals surface area (Å²) in [4.78, 5) is 14.7. The van der Waals surface area contributed by atoms with Crippen molar-refractivity contribution >= 4 is 18.3 Å². The molecule has 0 spiro atoms. The molecule has 0 saturated heterocycles. The summed E-state index contributed by atoms with van der Waals surface area (Å²) < 4.78 is 1.38. The highest BCUT2D eigenvalue weighted by Crippen LogP contribution is 2.13. The summed E-state index contributed by atoms with van der Waals surface area (Å²) in [5.41, 5.74) is 2.71. The molecule has 0 unspecified atom stereocenters. The van der Waals surface area contributed by atoms with Crippen LogP contribution in [0, 0.1) is 0 Å². The Bertz CT molecular complexity index is 1060. The second-order valence-corrected chi connectivity index (χ2v) is 6.24. The van der Waals surface area contributed by atoms with Gasteiger partial charge in [-0.1, -0.05) is 30.8 Å². The highest BCUT2D eigenvalue weighted by atomic mass is 16.5. The molecule has 26 heavy (non-hydrogen) atoms. The van der Waals surface area contributed by atoms with Crippen molar-refractivity contribution in [3.05, 3.63) is 80.6 Å². The lowest BCUT2D eigenvalue weighted by Gasteiger charge is -2.11. The van der Waals surface area contributed by atoms with E-state index in [0.717, 1.165) is 11.3 Å². The molecular weight excluding hydrogens is 330 g/mol. The molecule has 0 saturated carbocycles. The topological polar surface area (TPSA) is 81.5 Å². The number of H-pyrrole nitrogens is 1. The number of benzene rings is 2. The van der Waals surface area contributed by atoms with Gasteiger partial charge >= 0.3 is 0 Å². The molecule has 1 aromatic heterocycles. The van der Waals surface area contributed by atoms with Gasteiger partial charge < -0.3 is 15.1 Å². The van der Waals surface area contributed by atoms with E-state index in [1.165, 1.54) is 4.68 Å². The number of aromatic amines is 1. The van der Waals surface area contributed by atoms with Gasteiger partial charge in [-0.25, -0.2) is 4.68 Å². The van der Waals surface area contributed by atoms with E-state index in [2.05, 4.69) is 11.7 Å². The predicted octanol–water partition coefficient (Wildman–Crippen LogP) is 0.454. The molecule has 3 N–H and O–H groups in total. The Morgan fingerprint density at radius 3 is 2.23 bits per heavy atom. The van der Waals surface area contributed by atoms with E-state index in [0.29, 0.717) is 21.8 Å². The van der Waals surface area contributed by atoms with E-state index in [1.807, 2.05) is 43.3 Å². The van der Waals surface area contributed by atoms with Crippen LogP contribution in [0.4, 0.5) is 5.69 Å². The maximum absolute atomic E-state index is 12.7. The van der Waals surface area contributed by atoms with Gasteiger partial charge in [0.05, 0.1) is 16.3 Å². The molecule has 0 aliphatic carbocycles. The number of hydrogen-bond donors (Lipinski definition) is 3. The largest absolute Gasteiger partial charge is 0.378 e. The minimum absolute atomic E-state index is 0.219. The number of aliphatic hydroxyl groups is 2. The van der Waals surface area contributed by atoms with Gasteiger partial charge in [-0.05, 0) is 35.9 Å². The number of anilines is 1. The summed E-state index contributed by atoms with van der Waals surface area (Å²) >= 11 is 0. The Hall–Kier alpha value is -3.09. The third kappa shape index (κ3) is 3.46. The Kier molecular flexibility index (Phi) is 4.79. The van der Waals surface area contributed by atoms with E-state index in [1.54, 1.807) is 30.3 Å². The van der Waals surface area contributed by atoms with Crippen molar-refractivity contribution < 1.29 is 10.2 Å². The summed E-state index contributed by atoms with van der Waals surface area (Å²) in [5, 5.41) is 22.3. The Morgan fingerprint density at radius 1 is 1.08 bits per heavy atom. The molecule has 0 fully saturated rings. The Labute approximate surface area is 150 Å². The molecule has 3 aromatic rings. The summed E-state index contributed by atoms with van der Waals surface area (Å²) in [7, 11) is 3.94. The highest BCUT2D eigenvalue weighted by Gasteiger charge is 2.07. The fraction of sp³-hybridized carbons (Fsp3) is 0.150. The van der Waals surface area contributed by atoms with Gasteiger partial charge in [0, 0.05) is 25.3 Å². The predicted molar refractivity (Wildman–Crippen MR) is 103 cm³/mol. The summed E-state index contributed by atoms with van der Waals surface area (Å²) in [5.74, 6) is 0. The minimum atomic E-state index is -1.54. The van der Waals surface area contributed by atoms with Gasteiger partial charge in [-0.3, -0.25) is 9.89 Å². The lowest BCUT2D eigenvalue weighted by molar-refractivity contribution is -0.0424. The van der Waals surface area contributed by atoms with Gasteiger partial charge in [0.25, 0.3) is 5.56 Å². The molecular formula is C20H21N3O3. The zero-order chi connectivity index (χ0) is 18.8. The first kappa shape index (κ1) is 17.7. The average molecular weight is 351 g/mol. The molecule has 0 bridgehead atoms. The lowest BCUT2D eigenvalue weighted by Crippen LogP contribution is -2.33. The van der Waals surface area contributed by atoms with Crippen LogP contribution >= 0.6 is 0 Å². The van der Waals surface area contributed by atoms with Gasteiger partial charge in [0.2, 0.25) is 0 Å². The molecule has 2 aromatic carbocycles. The number of nitrogens with one attached hydrogen (secondary N) is 1. The van der Waals surface area contributed by atoms with Gasteiger partial charge in [0.15, 0.2) is 6.29 Å². The van der Waals surface area contributed by atoms with Crippen molar-refractivity contribution in [3.63, 3.8) is 0 Å². The second kappa shape index (κ2) is 7.03. The summed E-state index contributed by atoms with van der Waals surface area (Å²) in [6, 6.07) is 14.3. The molecule has 0 aliphatic heterocycles. The summed E-state index contributed by atoms with van der Waals surface area (Å²) in [6.07, 6.45) is 0.255. The molecule has 0 aliphatic rings. The van der Waals surface area contributed by atoms with Crippen LogP contribution in [0.3, 0.4) is 0 Å². The van der Waals surface area contributed by atoms with Crippen molar-refractivity contribution in [2.75, 3.05) is 19.0 Å². The van der Waals surface area contributed by atoms with Crippen LogP contribution in [0.1, 0.15) is 17.4 Å². The monoisotopic (exact) mass is 351 g/mol. The van der Waals surface area contributed by atoms with E-state index in [9.17, 15) is 4.79 Å². The second-order valence-electron chi connectivity index (χ2n) is 6.24. The number of hydrogen-bond acceptors (Lipinski definition) is 4. The van der Waals surface area contributed by atoms with Crippen LogP contribution in [-0.4, -0.2) is 34.1 Å². The molecule has 134 valence electrons. The van der Waals surface area contributed by atoms with E-state index in [-0.39, 0.29) is 5.56 Å². The van der Waals surface area contributed by atoms with Crippen molar-refractivity contribution in [3.8, 4) is 5.69 Å². The lowest BCUT2D eigenvalue weighted by atomic mass is 10.1. The standard InChI is InChI=1S/C20H21N3O3/c1-13-18(12-14-4-8-16(9-5-14)22(2)3)19(24)23(21-13)17-10-6-15(7-11-17)20(25)26/h4-12,20-21,25-26H,1H2,2-3H3. The third-order valence-corrected chi connectivity index (χ3v) is 4.18. The Balaban J connectivity index is 2.03. The molecule has 6 nitrogen and oxygen atoms in total. The van der Waals surface area contributed by atoms with Crippen molar-refractivity contribution in [1.82, 2.24) is 9.78 Å². The van der Waals surface area contributed by atoms with Crippen LogP contribution in [0.25, 0.3) is 18.3 Å². The maximum atomic E-state index is 12.7. The highest BCUT2D eigenvalue weighted by molar-refractivity contribution is 5.55. The minimum Gasteiger partial charge on any atom is -0.378 e. The zero-order valence-corrected chi connectivity index (χ0v) is 14.7. The van der Waals surface area contributed by atoms with E-state index in [4.69, 9.17) is 10.2 Å². The van der Waals surface area contributed by atoms with E-state index < -0.39 is 6.29 Å². The van der Waals surface area contributed by atoms with Crippen molar-refractivity contribution in [2.24, 2.45) is 0 Å². The van der Waals surface area contributed by atoms with Crippen LogP contribution in [0.2, 0.25) is 0 Å². The van der Waals surface area contributed by atoms with Crippen LogP contribution < -0.4 is 21.0 Å². The fourth-order valence-corrected chi connectivity index (χ4v) is 2.66. The van der Waals surface area contributed by atoms with E-state index >= 15 is 0 Å². The van der Waals surface area contributed by atoms with Crippen molar-refractivity contribution in [1.29, 1.82) is 0 Å². The fourth-order valence-electron chi connectivity index (χ4n) is 2.66. The number of nitrogens with zero attached hydrogens (tertiary/aromatic N) is 2. The number of rotatable bonds is 4. The molecule has 0 amide bonds. The Morgan fingerprint density at radius 2 is 1.69 bits per heavy atom. The molecule has 0 radical (unpaired) electrons. The van der Waals surface area contributed by atoms with Crippen LogP contribution in [0.15, 0.2) is 53.3 Å². The summed E-state index contributed by atoms with van der Waals surface area (Å²) in [6.45, 7) is 3.92. The average Bonchev–Trinajstić information content (AvgIpc) is 2.90. The molecule has 6 heteroatoms. The maximum Gasteiger partial charge on any atom is 0.279 e. The van der Waals surface area contributed by atoms with Crippen LogP contribution in [0.5, 0.6) is 0 Å². The normalized spacial score (nSPS) is 12.0. The quantitative estimate of drug-likeness (QED) is 0.597. The zero-order valence-electron chi connectivity index (χ0n) is 14.7. The number of aromatic nitrogens is 2.